The molecule has 1 atom stereocenters. The Morgan fingerprint density at radius 1 is 1.36 bits per heavy atom. The average Bonchev–Trinajstić information content (AvgIpc) is 2.72. The van der Waals surface area contributed by atoms with Crippen molar-refractivity contribution < 1.29 is 9.84 Å². The number of aliphatic hydroxyl groups is 1. The molecule has 0 spiro atoms. The molecule has 1 heterocycles. The number of aliphatic hydroxyl groups excluding tert-OH is 1. The molecule has 1 fully saturated rings. The van der Waals surface area contributed by atoms with Crippen LogP contribution in [0.15, 0.2) is 24.3 Å². The Hall–Kier alpha value is -1.06. The molecule has 2 rings (SSSR count). The molecule has 1 aromatic carbocycles. The highest BCUT2D eigenvalue weighted by atomic mass is 16.5. The van der Waals surface area contributed by atoms with Gasteiger partial charge in [-0.1, -0.05) is 12.1 Å². The van der Waals surface area contributed by atoms with Crippen LogP contribution in [0.4, 0.5) is 0 Å². The lowest BCUT2D eigenvalue weighted by molar-refractivity contribution is 0.222. The highest BCUT2D eigenvalue weighted by Crippen LogP contribution is 2.15. The predicted octanol–water partition coefficient (Wildman–Crippen LogP) is 0.920. The maximum Gasteiger partial charge on any atom is 0.119 e. The first-order chi connectivity index (χ1) is 6.88. The Labute approximate surface area is 83.7 Å². The van der Waals surface area contributed by atoms with Crippen LogP contribution in [0.1, 0.15) is 12.0 Å². The molecular formula is C11H15NO2. The summed E-state index contributed by atoms with van der Waals surface area (Å²) in [7, 11) is 0. The molecule has 0 aromatic heterocycles. The van der Waals surface area contributed by atoms with Crippen LogP contribution in [0.5, 0.6) is 5.75 Å². The summed E-state index contributed by atoms with van der Waals surface area (Å²) in [5, 5.41) is 12.1. The summed E-state index contributed by atoms with van der Waals surface area (Å²) in [6.45, 7) is 2.06. The van der Waals surface area contributed by atoms with Gasteiger partial charge in [-0.25, -0.2) is 0 Å². The van der Waals surface area contributed by atoms with E-state index in [0.29, 0.717) is 6.10 Å². The summed E-state index contributed by atoms with van der Waals surface area (Å²) in [4.78, 5) is 0. The van der Waals surface area contributed by atoms with Gasteiger partial charge in [0.1, 0.15) is 11.9 Å². The summed E-state index contributed by atoms with van der Waals surface area (Å²) in [5.74, 6) is 0.885. The fourth-order valence-electron chi connectivity index (χ4n) is 1.59. The van der Waals surface area contributed by atoms with Crippen molar-refractivity contribution in [1.82, 2.24) is 5.32 Å². The molecule has 1 unspecified atom stereocenters. The van der Waals surface area contributed by atoms with E-state index in [1.54, 1.807) is 0 Å². The SMILES string of the molecule is OCc1ccc(OC2CCNC2)cc1. The number of ether oxygens (including phenoxy) is 1. The molecule has 1 aromatic rings. The molecule has 1 aliphatic heterocycles. The summed E-state index contributed by atoms with van der Waals surface area (Å²) in [5.41, 5.74) is 0.918. The normalized spacial score (nSPS) is 21.1. The van der Waals surface area contributed by atoms with Crippen molar-refractivity contribution in [2.24, 2.45) is 0 Å². The minimum atomic E-state index is 0.0886. The van der Waals surface area contributed by atoms with Gasteiger partial charge in [-0.05, 0) is 30.7 Å². The molecule has 0 amide bonds. The maximum absolute atomic E-state index is 8.86. The van der Waals surface area contributed by atoms with Gasteiger partial charge >= 0.3 is 0 Å². The summed E-state index contributed by atoms with van der Waals surface area (Å²) in [6.07, 6.45) is 1.37. The van der Waals surface area contributed by atoms with Crippen LogP contribution in [0, 0.1) is 0 Å². The number of hydrogen-bond donors (Lipinski definition) is 2. The molecule has 76 valence electrons. The van der Waals surface area contributed by atoms with E-state index in [1.807, 2.05) is 24.3 Å². The van der Waals surface area contributed by atoms with Gasteiger partial charge in [0.2, 0.25) is 0 Å². The van der Waals surface area contributed by atoms with Gasteiger partial charge in [-0.2, -0.15) is 0 Å². The van der Waals surface area contributed by atoms with Gasteiger partial charge in [0.25, 0.3) is 0 Å². The topological polar surface area (TPSA) is 41.5 Å². The Morgan fingerprint density at radius 2 is 2.14 bits per heavy atom. The zero-order valence-electron chi connectivity index (χ0n) is 8.07. The average molecular weight is 193 g/mol. The van der Waals surface area contributed by atoms with Crippen LogP contribution < -0.4 is 10.1 Å². The first-order valence-electron chi connectivity index (χ1n) is 4.95. The van der Waals surface area contributed by atoms with Crippen LogP contribution in [-0.4, -0.2) is 24.3 Å². The van der Waals surface area contributed by atoms with Crippen molar-refractivity contribution in [2.45, 2.75) is 19.1 Å². The molecule has 1 aliphatic rings. The van der Waals surface area contributed by atoms with Crippen molar-refractivity contribution in [2.75, 3.05) is 13.1 Å². The van der Waals surface area contributed by atoms with E-state index >= 15 is 0 Å². The lowest BCUT2D eigenvalue weighted by atomic mass is 10.2. The van der Waals surface area contributed by atoms with E-state index in [4.69, 9.17) is 9.84 Å². The van der Waals surface area contributed by atoms with E-state index in [2.05, 4.69) is 5.32 Å². The van der Waals surface area contributed by atoms with Crippen LogP contribution >= 0.6 is 0 Å². The molecule has 1 saturated heterocycles. The highest BCUT2D eigenvalue weighted by molar-refractivity contribution is 5.27. The van der Waals surface area contributed by atoms with Gasteiger partial charge in [0, 0.05) is 6.54 Å². The van der Waals surface area contributed by atoms with Gasteiger partial charge in [-0.15, -0.1) is 0 Å². The van der Waals surface area contributed by atoms with E-state index in [0.717, 1.165) is 30.8 Å². The number of nitrogens with one attached hydrogen (secondary N) is 1. The summed E-state index contributed by atoms with van der Waals surface area (Å²) < 4.78 is 5.73. The molecule has 0 radical (unpaired) electrons. The Bertz CT molecular complexity index is 278. The summed E-state index contributed by atoms with van der Waals surface area (Å²) >= 11 is 0. The van der Waals surface area contributed by atoms with Gasteiger partial charge in [0.15, 0.2) is 0 Å². The second-order valence-electron chi connectivity index (χ2n) is 3.53. The molecule has 2 N–H and O–H groups in total. The van der Waals surface area contributed by atoms with Gasteiger partial charge < -0.3 is 15.2 Å². The van der Waals surface area contributed by atoms with Crippen molar-refractivity contribution in [3.05, 3.63) is 29.8 Å². The van der Waals surface area contributed by atoms with E-state index in [1.165, 1.54) is 0 Å². The molecule has 0 saturated carbocycles. The molecule has 0 bridgehead atoms. The molecule has 14 heavy (non-hydrogen) atoms. The van der Waals surface area contributed by atoms with Gasteiger partial charge in [-0.3, -0.25) is 0 Å². The second kappa shape index (κ2) is 4.44. The minimum absolute atomic E-state index is 0.0886. The molecular weight excluding hydrogens is 178 g/mol. The van der Waals surface area contributed by atoms with Crippen LogP contribution in [0.2, 0.25) is 0 Å². The highest BCUT2D eigenvalue weighted by Gasteiger charge is 2.15. The third-order valence-electron chi connectivity index (χ3n) is 2.42. The lowest BCUT2D eigenvalue weighted by Crippen LogP contribution is -2.19. The zero-order valence-corrected chi connectivity index (χ0v) is 8.07. The van der Waals surface area contributed by atoms with Crippen LogP contribution in [-0.2, 0) is 6.61 Å². The van der Waals surface area contributed by atoms with E-state index < -0.39 is 0 Å². The lowest BCUT2D eigenvalue weighted by Gasteiger charge is -2.12. The molecule has 0 aliphatic carbocycles. The standard InChI is InChI=1S/C11H15NO2/c13-8-9-1-3-10(4-2-9)14-11-5-6-12-7-11/h1-4,11-13H,5-8H2. The number of hydrogen-bond acceptors (Lipinski definition) is 3. The monoisotopic (exact) mass is 193 g/mol. The third-order valence-corrected chi connectivity index (χ3v) is 2.42. The van der Waals surface area contributed by atoms with Crippen LogP contribution in [0.3, 0.4) is 0 Å². The van der Waals surface area contributed by atoms with Crippen molar-refractivity contribution in [3.8, 4) is 5.75 Å². The quantitative estimate of drug-likeness (QED) is 0.750. The second-order valence-corrected chi connectivity index (χ2v) is 3.53. The summed E-state index contributed by atoms with van der Waals surface area (Å²) in [6, 6.07) is 7.59. The van der Waals surface area contributed by atoms with Crippen LogP contribution in [0.25, 0.3) is 0 Å². The largest absolute Gasteiger partial charge is 0.489 e. The first-order valence-corrected chi connectivity index (χ1v) is 4.95. The Kier molecular flexibility index (Phi) is 3.01. The number of rotatable bonds is 3. The predicted molar refractivity (Wildman–Crippen MR) is 54.3 cm³/mol. The maximum atomic E-state index is 8.86. The zero-order chi connectivity index (χ0) is 9.80. The fraction of sp³-hybridized carbons (Fsp3) is 0.455. The molecule has 3 heteroatoms. The van der Waals surface area contributed by atoms with Crippen molar-refractivity contribution in [3.63, 3.8) is 0 Å². The Morgan fingerprint density at radius 3 is 2.71 bits per heavy atom. The smallest absolute Gasteiger partial charge is 0.119 e. The Balaban J connectivity index is 1.95. The van der Waals surface area contributed by atoms with E-state index in [-0.39, 0.29) is 6.61 Å². The minimum Gasteiger partial charge on any atom is -0.489 e. The van der Waals surface area contributed by atoms with Gasteiger partial charge in [0.05, 0.1) is 6.61 Å². The fourth-order valence-corrected chi connectivity index (χ4v) is 1.59. The third kappa shape index (κ3) is 2.25. The van der Waals surface area contributed by atoms with Crippen molar-refractivity contribution >= 4 is 0 Å². The van der Waals surface area contributed by atoms with Crippen molar-refractivity contribution in [1.29, 1.82) is 0 Å². The first kappa shape index (κ1) is 9.49. The number of benzene rings is 1. The molecule has 3 nitrogen and oxygen atoms in total. The van der Waals surface area contributed by atoms with E-state index in [9.17, 15) is 0 Å².